The molecule has 1 aromatic carbocycles. The average Bonchev–Trinajstić information content (AvgIpc) is 2.79. The molecule has 2 aromatic rings. The summed E-state index contributed by atoms with van der Waals surface area (Å²) in [4.78, 5) is 12.2. The van der Waals surface area contributed by atoms with Gasteiger partial charge in [-0.2, -0.15) is 0 Å². The number of carbonyl (C=O) groups is 1. The number of thioether (sulfide) groups is 1. The molecule has 2 rings (SSSR count). The van der Waals surface area contributed by atoms with Gasteiger partial charge in [0.25, 0.3) is 0 Å². The number of nitrogens with one attached hydrogen (secondary N) is 1. The van der Waals surface area contributed by atoms with Crippen LogP contribution in [0.3, 0.4) is 0 Å². The summed E-state index contributed by atoms with van der Waals surface area (Å²) in [6.07, 6.45) is 0. The van der Waals surface area contributed by atoms with Crippen molar-refractivity contribution in [2.24, 2.45) is 7.05 Å². The maximum atomic E-state index is 13.9. The topological polar surface area (TPSA) is 59.8 Å². The highest BCUT2D eigenvalue weighted by Gasteiger charge is 2.23. The van der Waals surface area contributed by atoms with E-state index < -0.39 is 0 Å². The van der Waals surface area contributed by atoms with Gasteiger partial charge < -0.3 is 9.88 Å². The fourth-order valence-corrected chi connectivity index (χ4v) is 2.79. The summed E-state index contributed by atoms with van der Waals surface area (Å²) >= 11 is 1.30. The molecule has 0 aliphatic rings. The van der Waals surface area contributed by atoms with Crippen molar-refractivity contribution in [3.63, 3.8) is 0 Å². The van der Waals surface area contributed by atoms with Gasteiger partial charge in [0.2, 0.25) is 5.91 Å². The molecule has 7 heteroatoms. The minimum absolute atomic E-state index is 0.0714. The first-order valence-corrected chi connectivity index (χ1v) is 8.20. The summed E-state index contributed by atoms with van der Waals surface area (Å²) in [5, 5.41) is 11.3. The third kappa shape index (κ3) is 4.31. The van der Waals surface area contributed by atoms with Crippen LogP contribution in [0.2, 0.25) is 0 Å². The molecule has 0 unspecified atom stereocenters. The van der Waals surface area contributed by atoms with Crippen LogP contribution in [0, 0.1) is 5.82 Å². The van der Waals surface area contributed by atoms with Crippen LogP contribution in [0.4, 0.5) is 4.39 Å². The SMILES string of the molecule is C[C@H](Sc1nnc(-c2ccccc2F)n1C)C(=O)NC(C)(C)C. The third-order valence-corrected chi connectivity index (χ3v) is 4.23. The van der Waals surface area contributed by atoms with Gasteiger partial charge in [-0.3, -0.25) is 4.79 Å². The normalized spacial score (nSPS) is 13.0. The third-order valence-electron chi connectivity index (χ3n) is 3.10. The van der Waals surface area contributed by atoms with Gasteiger partial charge in [0.1, 0.15) is 5.82 Å². The van der Waals surface area contributed by atoms with E-state index in [0.29, 0.717) is 16.5 Å². The van der Waals surface area contributed by atoms with Crippen LogP contribution in [0.15, 0.2) is 29.4 Å². The molecule has 1 amide bonds. The molecule has 124 valence electrons. The molecule has 1 N–H and O–H groups in total. The second-order valence-electron chi connectivity index (χ2n) is 6.34. The van der Waals surface area contributed by atoms with E-state index in [9.17, 15) is 9.18 Å². The number of hydrogen-bond donors (Lipinski definition) is 1. The molecule has 23 heavy (non-hydrogen) atoms. The van der Waals surface area contributed by atoms with Crippen molar-refractivity contribution in [3.05, 3.63) is 30.1 Å². The van der Waals surface area contributed by atoms with Gasteiger partial charge in [0, 0.05) is 12.6 Å². The first kappa shape index (κ1) is 17.5. The number of amides is 1. The minimum atomic E-state index is -0.349. The maximum Gasteiger partial charge on any atom is 0.233 e. The van der Waals surface area contributed by atoms with Crippen LogP contribution >= 0.6 is 11.8 Å². The van der Waals surface area contributed by atoms with Gasteiger partial charge in [0.15, 0.2) is 11.0 Å². The van der Waals surface area contributed by atoms with E-state index in [0.717, 1.165) is 0 Å². The van der Waals surface area contributed by atoms with Crippen LogP contribution in [-0.4, -0.2) is 31.5 Å². The molecule has 1 heterocycles. The van der Waals surface area contributed by atoms with Crippen molar-refractivity contribution in [1.82, 2.24) is 20.1 Å². The summed E-state index contributed by atoms with van der Waals surface area (Å²) < 4.78 is 15.6. The highest BCUT2D eigenvalue weighted by atomic mass is 32.2. The second kappa shape index (κ2) is 6.70. The minimum Gasteiger partial charge on any atom is -0.351 e. The van der Waals surface area contributed by atoms with Gasteiger partial charge in [-0.05, 0) is 39.8 Å². The van der Waals surface area contributed by atoms with Crippen molar-refractivity contribution in [3.8, 4) is 11.4 Å². The van der Waals surface area contributed by atoms with Crippen molar-refractivity contribution in [2.45, 2.75) is 43.6 Å². The molecule has 0 aliphatic heterocycles. The van der Waals surface area contributed by atoms with Crippen molar-refractivity contribution >= 4 is 17.7 Å². The zero-order chi connectivity index (χ0) is 17.2. The number of benzene rings is 1. The lowest BCUT2D eigenvalue weighted by Crippen LogP contribution is -2.44. The maximum absolute atomic E-state index is 13.9. The van der Waals surface area contributed by atoms with Crippen molar-refractivity contribution < 1.29 is 9.18 Å². The van der Waals surface area contributed by atoms with Gasteiger partial charge >= 0.3 is 0 Å². The van der Waals surface area contributed by atoms with Crippen LogP contribution in [0.5, 0.6) is 0 Å². The van der Waals surface area contributed by atoms with Gasteiger partial charge in [-0.1, -0.05) is 23.9 Å². The van der Waals surface area contributed by atoms with E-state index in [1.165, 1.54) is 17.8 Å². The Morgan fingerprint density at radius 1 is 1.30 bits per heavy atom. The molecule has 0 radical (unpaired) electrons. The van der Waals surface area contributed by atoms with Gasteiger partial charge in [-0.25, -0.2) is 4.39 Å². The van der Waals surface area contributed by atoms with Gasteiger partial charge in [0.05, 0.1) is 10.8 Å². The molecule has 0 saturated carbocycles. The lowest BCUT2D eigenvalue weighted by atomic mass is 10.1. The molecule has 0 fully saturated rings. The van der Waals surface area contributed by atoms with Crippen LogP contribution in [0.25, 0.3) is 11.4 Å². The molecule has 0 spiro atoms. The van der Waals surface area contributed by atoms with E-state index in [-0.39, 0.29) is 22.5 Å². The highest BCUT2D eigenvalue weighted by molar-refractivity contribution is 8.00. The Bertz CT molecular complexity index is 708. The zero-order valence-electron chi connectivity index (χ0n) is 13.9. The van der Waals surface area contributed by atoms with Crippen molar-refractivity contribution in [1.29, 1.82) is 0 Å². The van der Waals surface area contributed by atoms with E-state index in [2.05, 4.69) is 15.5 Å². The lowest BCUT2D eigenvalue weighted by molar-refractivity contribution is -0.121. The fourth-order valence-electron chi connectivity index (χ4n) is 1.98. The molecule has 0 bridgehead atoms. The predicted molar refractivity (Wildman–Crippen MR) is 89.6 cm³/mol. The largest absolute Gasteiger partial charge is 0.351 e. The van der Waals surface area contributed by atoms with Gasteiger partial charge in [-0.15, -0.1) is 10.2 Å². The number of aromatic nitrogens is 3. The molecule has 1 aromatic heterocycles. The summed E-state index contributed by atoms with van der Waals surface area (Å²) in [5.41, 5.74) is 0.102. The number of carbonyl (C=O) groups excluding carboxylic acids is 1. The molecular formula is C16H21FN4OS. The number of nitrogens with zero attached hydrogens (tertiary/aromatic N) is 3. The first-order valence-electron chi connectivity index (χ1n) is 7.32. The Labute approximate surface area is 139 Å². The van der Waals surface area contributed by atoms with E-state index in [1.54, 1.807) is 29.8 Å². The van der Waals surface area contributed by atoms with E-state index in [4.69, 9.17) is 0 Å². The standard InChI is InChI=1S/C16H21FN4OS/c1-10(14(22)18-16(2,3)4)23-15-20-19-13(21(15)5)11-8-6-7-9-12(11)17/h6-10H,1-5H3,(H,18,22)/t10-/m0/s1. The molecule has 1 atom stereocenters. The Morgan fingerprint density at radius 2 is 1.96 bits per heavy atom. The summed E-state index contributed by atoms with van der Waals surface area (Å²) in [6.45, 7) is 7.60. The molecular weight excluding hydrogens is 315 g/mol. The lowest BCUT2D eigenvalue weighted by Gasteiger charge is -2.22. The highest BCUT2D eigenvalue weighted by Crippen LogP contribution is 2.27. The van der Waals surface area contributed by atoms with Crippen molar-refractivity contribution in [2.75, 3.05) is 0 Å². The summed E-state index contributed by atoms with van der Waals surface area (Å²) in [6, 6.07) is 6.42. The average molecular weight is 336 g/mol. The van der Waals surface area contributed by atoms with Crippen LogP contribution in [0.1, 0.15) is 27.7 Å². The second-order valence-corrected chi connectivity index (χ2v) is 7.65. The fraction of sp³-hybridized carbons (Fsp3) is 0.438. The summed E-state index contributed by atoms with van der Waals surface area (Å²) in [5.74, 6) is 0.0186. The summed E-state index contributed by atoms with van der Waals surface area (Å²) in [7, 11) is 1.76. The first-order chi connectivity index (χ1) is 10.7. The monoisotopic (exact) mass is 336 g/mol. The van der Waals surface area contributed by atoms with E-state index in [1.807, 2.05) is 27.7 Å². The van der Waals surface area contributed by atoms with Crippen LogP contribution in [-0.2, 0) is 11.8 Å². The van der Waals surface area contributed by atoms with Crippen LogP contribution < -0.4 is 5.32 Å². The molecule has 5 nitrogen and oxygen atoms in total. The smallest absolute Gasteiger partial charge is 0.233 e. The number of halogens is 1. The molecule has 0 saturated heterocycles. The molecule has 0 aliphatic carbocycles. The Kier molecular flexibility index (Phi) is 5.09. The number of hydrogen-bond acceptors (Lipinski definition) is 4. The predicted octanol–water partition coefficient (Wildman–Crippen LogP) is 3.02. The van der Waals surface area contributed by atoms with E-state index >= 15 is 0 Å². The Balaban J connectivity index is 2.17. The quantitative estimate of drug-likeness (QED) is 0.872. The number of rotatable bonds is 4. The Morgan fingerprint density at radius 3 is 2.57 bits per heavy atom. The Hall–Kier alpha value is -1.89. The zero-order valence-corrected chi connectivity index (χ0v) is 14.7.